The van der Waals surface area contributed by atoms with Crippen LogP contribution in [0.1, 0.15) is 60.5 Å². The van der Waals surface area contributed by atoms with Gasteiger partial charge in [-0.1, -0.05) is 31.4 Å². The van der Waals surface area contributed by atoms with Gasteiger partial charge in [0.15, 0.2) is 5.82 Å². The Labute approximate surface area is 193 Å². The van der Waals surface area contributed by atoms with Gasteiger partial charge in [-0.2, -0.15) is 5.10 Å². The summed E-state index contributed by atoms with van der Waals surface area (Å²) in [5.74, 6) is 0.0698. The zero-order chi connectivity index (χ0) is 23.0. The third-order valence-electron chi connectivity index (χ3n) is 6.09. The maximum absolute atomic E-state index is 12.3. The van der Waals surface area contributed by atoms with Gasteiger partial charge in [0.05, 0.1) is 24.3 Å². The van der Waals surface area contributed by atoms with Crippen LogP contribution in [0.4, 0.5) is 5.69 Å². The van der Waals surface area contributed by atoms with Gasteiger partial charge in [-0.15, -0.1) is 0 Å². The van der Waals surface area contributed by atoms with E-state index in [0.717, 1.165) is 29.9 Å². The molecule has 1 saturated carbocycles. The molecule has 172 valence electrons. The Morgan fingerprint density at radius 1 is 1.09 bits per heavy atom. The van der Waals surface area contributed by atoms with Crippen LogP contribution in [0.5, 0.6) is 0 Å². The molecule has 1 fully saturated rings. The lowest BCUT2D eigenvalue weighted by molar-refractivity contribution is -0.136. The van der Waals surface area contributed by atoms with E-state index in [1.165, 1.54) is 19.3 Å². The number of benzene rings is 1. The van der Waals surface area contributed by atoms with Crippen molar-refractivity contribution in [2.24, 2.45) is 5.92 Å². The van der Waals surface area contributed by atoms with E-state index < -0.39 is 5.97 Å². The highest BCUT2D eigenvalue weighted by molar-refractivity contribution is 5.94. The monoisotopic (exact) mass is 447 g/mol. The average molecular weight is 448 g/mol. The Bertz CT molecular complexity index is 1040. The van der Waals surface area contributed by atoms with Crippen LogP contribution in [0.2, 0.25) is 0 Å². The predicted molar refractivity (Wildman–Crippen MR) is 125 cm³/mol. The first kappa shape index (κ1) is 22.5. The van der Waals surface area contributed by atoms with Crippen molar-refractivity contribution in [1.82, 2.24) is 20.1 Å². The first-order valence-corrected chi connectivity index (χ1v) is 11.4. The minimum Gasteiger partial charge on any atom is -0.481 e. The number of carbonyl (C=O) groups excluding carboxylic acids is 1. The van der Waals surface area contributed by atoms with Gasteiger partial charge in [0, 0.05) is 24.5 Å². The fraction of sp³-hybridized carbons (Fsp3) is 0.360. The van der Waals surface area contributed by atoms with Crippen LogP contribution in [-0.2, 0) is 4.79 Å². The zero-order valence-electron chi connectivity index (χ0n) is 18.5. The quantitative estimate of drug-likeness (QED) is 0.453. The van der Waals surface area contributed by atoms with Crippen molar-refractivity contribution < 1.29 is 14.7 Å². The summed E-state index contributed by atoms with van der Waals surface area (Å²) in [4.78, 5) is 27.5. The van der Waals surface area contributed by atoms with Crippen LogP contribution in [0, 0.1) is 5.92 Å². The molecule has 1 aliphatic rings. The highest BCUT2D eigenvalue weighted by atomic mass is 16.4. The first-order chi connectivity index (χ1) is 16.1. The minimum absolute atomic E-state index is 0.0925. The lowest BCUT2D eigenvalue weighted by Crippen LogP contribution is -2.26. The minimum atomic E-state index is -0.931. The summed E-state index contributed by atoms with van der Waals surface area (Å²) >= 11 is 0. The highest BCUT2D eigenvalue weighted by Crippen LogP contribution is 2.36. The SMILES string of the molecule is O=C(O)CCNC(=O)c1ccc(C(Nc2ccc(-n3cccn3)nc2)C2CCCCC2)cc1. The molecule has 8 heteroatoms. The normalized spacial score (nSPS) is 15.0. The van der Waals surface area contributed by atoms with Crippen LogP contribution in [0.25, 0.3) is 5.82 Å². The summed E-state index contributed by atoms with van der Waals surface area (Å²) < 4.78 is 1.72. The van der Waals surface area contributed by atoms with Gasteiger partial charge in [-0.25, -0.2) is 9.67 Å². The lowest BCUT2D eigenvalue weighted by atomic mass is 9.81. The van der Waals surface area contributed by atoms with Gasteiger partial charge in [0.2, 0.25) is 0 Å². The largest absolute Gasteiger partial charge is 0.481 e. The van der Waals surface area contributed by atoms with E-state index >= 15 is 0 Å². The fourth-order valence-electron chi connectivity index (χ4n) is 4.36. The van der Waals surface area contributed by atoms with Crippen molar-refractivity contribution in [1.29, 1.82) is 0 Å². The number of anilines is 1. The Kier molecular flexibility index (Phi) is 7.34. The van der Waals surface area contributed by atoms with Crippen molar-refractivity contribution >= 4 is 17.6 Å². The standard InChI is InChI=1S/C25H29N5O3/c31-23(32)13-15-26-25(33)20-9-7-19(8-10-20)24(18-5-2-1-3-6-18)29-21-11-12-22(27-17-21)30-16-4-14-28-30/h4,7-12,14,16-18,24,29H,1-3,5-6,13,15H2,(H,26,33)(H,31,32). The first-order valence-electron chi connectivity index (χ1n) is 11.4. The van der Waals surface area contributed by atoms with Gasteiger partial charge < -0.3 is 15.7 Å². The molecular formula is C25H29N5O3. The topological polar surface area (TPSA) is 109 Å². The van der Waals surface area contributed by atoms with Gasteiger partial charge in [-0.3, -0.25) is 9.59 Å². The number of carboxylic acid groups (broad SMARTS) is 1. The van der Waals surface area contributed by atoms with Crippen molar-refractivity contribution in [2.45, 2.75) is 44.6 Å². The molecule has 1 atom stereocenters. The van der Waals surface area contributed by atoms with E-state index in [9.17, 15) is 9.59 Å². The number of aliphatic carboxylic acids is 1. The van der Waals surface area contributed by atoms with E-state index in [1.54, 1.807) is 10.9 Å². The van der Waals surface area contributed by atoms with Crippen molar-refractivity contribution in [2.75, 3.05) is 11.9 Å². The number of nitrogens with zero attached hydrogens (tertiary/aromatic N) is 3. The third-order valence-corrected chi connectivity index (χ3v) is 6.09. The molecule has 0 saturated heterocycles. The Hall–Kier alpha value is -3.68. The zero-order valence-corrected chi connectivity index (χ0v) is 18.5. The molecule has 0 aliphatic heterocycles. The molecule has 2 aromatic heterocycles. The van der Waals surface area contributed by atoms with Crippen molar-refractivity contribution in [3.8, 4) is 5.82 Å². The highest BCUT2D eigenvalue weighted by Gasteiger charge is 2.25. The molecule has 1 aliphatic carbocycles. The summed E-state index contributed by atoms with van der Waals surface area (Å²) in [5, 5.41) is 19.3. The third kappa shape index (κ3) is 5.97. The second-order valence-electron chi connectivity index (χ2n) is 8.40. The van der Waals surface area contributed by atoms with E-state index in [1.807, 2.05) is 54.9 Å². The van der Waals surface area contributed by atoms with Gasteiger partial charge in [0.25, 0.3) is 5.91 Å². The van der Waals surface area contributed by atoms with E-state index in [2.05, 4.69) is 20.7 Å². The second-order valence-corrected chi connectivity index (χ2v) is 8.40. The fourth-order valence-corrected chi connectivity index (χ4v) is 4.36. The Morgan fingerprint density at radius 2 is 1.88 bits per heavy atom. The number of nitrogens with one attached hydrogen (secondary N) is 2. The number of hydrogen-bond acceptors (Lipinski definition) is 5. The summed E-state index contributed by atoms with van der Waals surface area (Å²) in [6.45, 7) is 0.115. The molecule has 0 radical (unpaired) electrons. The molecule has 1 unspecified atom stereocenters. The van der Waals surface area contributed by atoms with Gasteiger partial charge in [-0.05, 0) is 54.7 Å². The van der Waals surface area contributed by atoms with Gasteiger partial charge in [0.1, 0.15) is 0 Å². The number of hydrogen-bond donors (Lipinski definition) is 3. The molecule has 0 spiro atoms. The number of rotatable bonds is 9. The molecule has 2 heterocycles. The second kappa shape index (κ2) is 10.8. The number of carboxylic acids is 1. The molecule has 1 aromatic carbocycles. The summed E-state index contributed by atoms with van der Waals surface area (Å²) in [6, 6.07) is 13.5. The lowest BCUT2D eigenvalue weighted by Gasteiger charge is -2.32. The smallest absolute Gasteiger partial charge is 0.305 e. The molecule has 3 aromatic rings. The molecule has 0 bridgehead atoms. The molecule has 4 rings (SSSR count). The maximum Gasteiger partial charge on any atom is 0.305 e. The number of carbonyl (C=O) groups is 2. The summed E-state index contributed by atoms with van der Waals surface area (Å²) in [6.07, 6.45) is 11.4. The van der Waals surface area contributed by atoms with Crippen LogP contribution in [-0.4, -0.2) is 38.3 Å². The summed E-state index contributed by atoms with van der Waals surface area (Å²) in [7, 11) is 0. The molecule has 8 nitrogen and oxygen atoms in total. The van der Waals surface area contributed by atoms with Gasteiger partial charge >= 0.3 is 5.97 Å². The van der Waals surface area contributed by atoms with Crippen molar-refractivity contribution in [3.63, 3.8) is 0 Å². The van der Waals surface area contributed by atoms with E-state index in [-0.39, 0.29) is 24.9 Å². The molecule has 33 heavy (non-hydrogen) atoms. The maximum atomic E-state index is 12.3. The number of amides is 1. The van der Waals surface area contributed by atoms with Crippen molar-refractivity contribution in [3.05, 3.63) is 72.2 Å². The molecule has 1 amide bonds. The van der Waals surface area contributed by atoms with E-state index in [0.29, 0.717) is 11.5 Å². The summed E-state index contributed by atoms with van der Waals surface area (Å²) in [5.41, 5.74) is 2.59. The molecule has 3 N–H and O–H groups in total. The van der Waals surface area contributed by atoms with Crippen LogP contribution in [0.15, 0.2) is 61.1 Å². The van der Waals surface area contributed by atoms with Crippen LogP contribution >= 0.6 is 0 Å². The number of pyridine rings is 1. The Morgan fingerprint density at radius 3 is 2.52 bits per heavy atom. The Balaban J connectivity index is 1.48. The van der Waals surface area contributed by atoms with Crippen LogP contribution < -0.4 is 10.6 Å². The number of aromatic nitrogens is 3. The van der Waals surface area contributed by atoms with E-state index in [4.69, 9.17) is 5.11 Å². The average Bonchev–Trinajstić information content (AvgIpc) is 3.38. The van der Waals surface area contributed by atoms with Crippen LogP contribution in [0.3, 0.4) is 0 Å². The molecular weight excluding hydrogens is 418 g/mol. The predicted octanol–water partition coefficient (Wildman–Crippen LogP) is 4.21.